The molecule has 0 atom stereocenters. The highest BCUT2D eigenvalue weighted by Crippen LogP contribution is 2.27. The SMILES string of the molecule is CCCCN(/C=C(/C#N)C(=O)NCCc1ccc(OC)c(OC)c1)CCCC. The number of nitrogens with one attached hydrogen (secondary N) is 1. The van der Waals surface area contributed by atoms with Gasteiger partial charge in [-0.05, 0) is 37.0 Å². The number of amides is 1. The summed E-state index contributed by atoms with van der Waals surface area (Å²) < 4.78 is 10.5. The molecule has 1 N–H and O–H groups in total. The molecular formula is C22H33N3O3. The van der Waals surface area contributed by atoms with Crippen molar-refractivity contribution in [2.24, 2.45) is 0 Å². The minimum atomic E-state index is -0.332. The summed E-state index contributed by atoms with van der Waals surface area (Å²) in [5, 5.41) is 12.2. The van der Waals surface area contributed by atoms with Gasteiger partial charge in [0.1, 0.15) is 11.6 Å². The molecule has 6 heteroatoms. The predicted octanol–water partition coefficient (Wildman–Crippen LogP) is 3.67. The fourth-order valence-electron chi connectivity index (χ4n) is 2.74. The molecule has 0 aliphatic rings. The van der Waals surface area contributed by atoms with Crippen LogP contribution in [0.25, 0.3) is 0 Å². The Morgan fingerprint density at radius 3 is 2.32 bits per heavy atom. The lowest BCUT2D eigenvalue weighted by Gasteiger charge is -2.20. The number of unbranched alkanes of at least 4 members (excludes halogenated alkanes) is 2. The van der Waals surface area contributed by atoms with Crippen molar-refractivity contribution < 1.29 is 14.3 Å². The molecule has 154 valence electrons. The summed E-state index contributed by atoms with van der Waals surface area (Å²) in [6.45, 7) is 6.43. The molecule has 0 radical (unpaired) electrons. The lowest BCUT2D eigenvalue weighted by Crippen LogP contribution is -2.29. The zero-order valence-corrected chi connectivity index (χ0v) is 17.6. The molecule has 0 aliphatic carbocycles. The van der Waals surface area contributed by atoms with Crippen LogP contribution in [0.1, 0.15) is 45.1 Å². The number of hydrogen-bond donors (Lipinski definition) is 1. The molecule has 1 aromatic carbocycles. The minimum Gasteiger partial charge on any atom is -0.493 e. The van der Waals surface area contributed by atoms with E-state index in [-0.39, 0.29) is 11.5 Å². The molecule has 28 heavy (non-hydrogen) atoms. The van der Waals surface area contributed by atoms with E-state index >= 15 is 0 Å². The van der Waals surface area contributed by atoms with E-state index in [1.165, 1.54) is 0 Å². The van der Waals surface area contributed by atoms with Crippen molar-refractivity contribution in [2.75, 3.05) is 33.9 Å². The summed E-state index contributed by atoms with van der Waals surface area (Å²) in [4.78, 5) is 14.5. The van der Waals surface area contributed by atoms with Crippen molar-refractivity contribution in [1.82, 2.24) is 10.2 Å². The Balaban J connectivity index is 2.66. The van der Waals surface area contributed by atoms with E-state index in [0.29, 0.717) is 24.5 Å². The maximum atomic E-state index is 12.4. The van der Waals surface area contributed by atoms with E-state index in [2.05, 4.69) is 24.1 Å². The first kappa shape index (κ1) is 23.4. The summed E-state index contributed by atoms with van der Waals surface area (Å²) >= 11 is 0. The minimum absolute atomic E-state index is 0.152. The lowest BCUT2D eigenvalue weighted by molar-refractivity contribution is -0.117. The highest BCUT2D eigenvalue weighted by molar-refractivity contribution is 5.97. The number of carbonyl (C=O) groups is 1. The number of ether oxygens (including phenoxy) is 2. The van der Waals surface area contributed by atoms with Gasteiger partial charge in [0, 0.05) is 25.8 Å². The Hall–Kier alpha value is -2.68. The Kier molecular flexibility index (Phi) is 11.2. The topological polar surface area (TPSA) is 74.6 Å². The van der Waals surface area contributed by atoms with Crippen LogP contribution in [0.4, 0.5) is 0 Å². The van der Waals surface area contributed by atoms with Crippen molar-refractivity contribution in [2.45, 2.75) is 46.0 Å². The average Bonchev–Trinajstić information content (AvgIpc) is 2.72. The normalized spacial score (nSPS) is 10.9. The highest BCUT2D eigenvalue weighted by atomic mass is 16.5. The number of benzene rings is 1. The van der Waals surface area contributed by atoms with Crippen LogP contribution >= 0.6 is 0 Å². The Labute approximate surface area is 169 Å². The number of methoxy groups -OCH3 is 2. The molecule has 0 aliphatic heterocycles. The first-order valence-electron chi connectivity index (χ1n) is 9.94. The van der Waals surface area contributed by atoms with Crippen LogP contribution in [0.15, 0.2) is 30.0 Å². The van der Waals surface area contributed by atoms with Crippen molar-refractivity contribution in [1.29, 1.82) is 5.26 Å². The van der Waals surface area contributed by atoms with E-state index in [9.17, 15) is 10.1 Å². The molecule has 0 spiro atoms. The molecule has 0 unspecified atom stereocenters. The summed E-state index contributed by atoms with van der Waals surface area (Å²) in [5.41, 5.74) is 1.17. The summed E-state index contributed by atoms with van der Waals surface area (Å²) in [6.07, 6.45) is 6.59. The first-order valence-corrected chi connectivity index (χ1v) is 9.94. The van der Waals surface area contributed by atoms with Gasteiger partial charge in [-0.2, -0.15) is 5.26 Å². The Bertz CT molecular complexity index is 672. The molecule has 0 saturated heterocycles. The number of carbonyl (C=O) groups excluding carboxylic acids is 1. The number of nitrogens with zero attached hydrogens (tertiary/aromatic N) is 2. The fraction of sp³-hybridized carbons (Fsp3) is 0.545. The maximum absolute atomic E-state index is 12.4. The fourth-order valence-corrected chi connectivity index (χ4v) is 2.74. The quantitative estimate of drug-likeness (QED) is 0.413. The molecule has 0 bridgehead atoms. The smallest absolute Gasteiger partial charge is 0.263 e. The molecule has 0 saturated carbocycles. The number of rotatable bonds is 13. The second kappa shape index (κ2) is 13.5. The molecule has 1 aromatic rings. The van der Waals surface area contributed by atoms with Crippen LogP contribution in [0.3, 0.4) is 0 Å². The summed E-state index contributed by atoms with van der Waals surface area (Å²) in [6, 6.07) is 7.71. The standard InChI is InChI=1S/C22H33N3O3/c1-5-7-13-25(14-8-6-2)17-19(16-23)22(26)24-12-11-18-9-10-20(27-3)21(15-18)28-4/h9-10,15,17H,5-8,11-14H2,1-4H3,(H,24,26)/b19-17-. The van der Waals surface area contributed by atoms with Crippen molar-refractivity contribution in [3.8, 4) is 17.6 Å². The molecule has 0 fully saturated rings. The summed E-state index contributed by atoms with van der Waals surface area (Å²) in [5.74, 6) is 0.997. The predicted molar refractivity (Wildman–Crippen MR) is 111 cm³/mol. The average molecular weight is 388 g/mol. The number of nitriles is 1. The van der Waals surface area contributed by atoms with Gasteiger partial charge in [-0.25, -0.2) is 0 Å². The third-order valence-corrected chi connectivity index (χ3v) is 4.42. The van der Waals surface area contributed by atoms with Gasteiger partial charge in [0.2, 0.25) is 0 Å². The van der Waals surface area contributed by atoms with Crippen LogP contribution in [0.2, 0.25) is 0 Å². The van der Waals surface area contributed by atoms with E-state index in [1.807, 2.05) is 24.3 Å². The van der Waals surface area contributed by atoms with E-state index in [4.69, 9.17) is 9.47 Å². The van der Waals surface area contributed by atoms with Crippen molar-refractivity contribution >= 4 is 5.91 Å². The second-order valence-electron chi connectivity index (χ2n) is 6.59. The number of hydrogen-bond acceptors (Lipinski definition) is 5. The zero-order chi connectivity index (χ0) is 20.8. The molecular weight excluding hydrogens is 354 g/mol. The lowest BCUT2D eigenvalue weighted by atomic mass is 10.1. The first-order chi connectivity index (χ1) is 13.6. The van der Waals surface area contributed by atoms with Gasteiger partial charge in [-0.1, -0.05) is 32.8 Å². The van der Waals surface area contributed by atoms with Gasteiger partial charge in [0.25, 0.3) is 5.91 Å². The van der Waals surface area contributed by atoms with Crippen LogP contribution in [-0.4, -0.2) is 44.7 Å². The van der Waals surface area contributed by atoms with Gasteiger partial charge >= 0.3 is 0 Å². The Morgan fingerprint density at radius 2 is 1.79 bits per heavy atom. The highest BCUT2D eigenvalue weighted by Gasteiger charge is 2.11. The maximum Gasteiger partial charge on any atom is 0.263 e. The van der Waals surface area contributed by atoms with Crippen LogP contribution in [0, 0.1) is 11.3 Å². The van der Waals surface area contributed by atoms with Gasteiger partial charge < -0.3 is 19.7 Å². The second-order valence-corrected chi connectivity index (χ2v) is 6.59. The van der Waals surface area contributed by atoms with E-state index < -0.39 is 0 Å². The third kappa shape index (κ3) is 7.91. The van der Waals surface area contributed by atoms with Gasteiger partial charge in [0.15, 0.2) is 11.5 Å². The molecule has 6 nitrogen and oxygen atoms in total. The largest absolute Gasteiger partial charge is 0.493 e. The van der Waals surface area contributed by atoms with E-state index in [0.717, 1.165) is 44.3 Å². The molecule has 1 rings (SSSR count). The van der Waals surface area contributed by atoms with E-state index in [1.54, 1.807) is 20.4 Å². The Morgan fingerprint density at radius 1 is 1.14 bits per heavy atom. The van der Waals surface area contributed by atoms with Crippen LogP contribution in [-0.2, 0) is 11.2 Å². The van der Waals surface area contributed by atoms with Gasteiger partial charge in [0.05, 0.1) is 14.2 Å². The monoisotopic (exact) mass is 387 g/mol. The van der Waals surface area contributed by atoms with Gasteiger partial charge in [-0.15, -0.1) is 0 Å². The van der Waals surface area contributed by atoms with Crippen LogP contribution in [0.5, 0.6) is 11.5 Å². The van der Waals surface area contributed by atoms with Crippen LogP contribution < -0.4 is 14.8 Å². The molecule has 0 heterocycles. The van der Waals surface area contributed by atoms with Gasteiger partial charge in [-0.3, -0.25) is 4.79 Å². The van der Waals surface area contributed by atoms with Crippen molar-refractivity contribution in [3.05, 3.63) is 35.5 Å². The summed E-state index contributed by atoms with van der Waals surface area (Å²) in [7, 11) is 3.19. The van der Waals surface area contributed by atoms with Crippen molar-refractivity contribution in [3.63, 3.8) is 0 Å². The molecule has 0 aromatic heterocycles. The molecule has 1 amide bonds. The third-order valence-electron chi connectivity index (χ3n) is 4.42. The zero-order valence-electron chi connectivity index (χ0n) is 17.6.